The number of halogens is 1. The maximum Gasteiger partial charge on any atom is 0.165 e. The van der Waals surface area contributed by atoms with Crippen LogP contribution in [0, 0.1) is 11.2 Å². The Bertz CT molecular complexity index is 1130. The van der Waals surface area contributed by atoms with E-state index in [1.54, 1.807) is 25.6 Å². The Morgan fingerprint density at radius 2 is 2.09 bits per heavy atom. The highest BCUT2D eigenvalue weighted by atomic mass is 19.1. The quantitative estimate of drug-likeness (QED) is 0.520. The summed E-state index contributed by atoms with van der Waals surface area (Å²) in [6, 6.07) is 8.24. The maximum atomic E-state index is 13.9. The summed E-state index contributed by atoms with van der Waals surface area (Å²) in [5, 5.41) is 9.87. The van der Waals surface area contributed by atoms with Crippen LogP contribution >= 0.6 is 0 Å². The minimum atomic E-state index is -0.516. The number of ketones is 1. The molecule has 0 saturated heterocycles. The number of nitrogens with zero attached hydrogens (tertiary/aromatic N) is 1. The Morgan fingerprint density at radius 3 is 2.84 bits per heavy atom. The van der Waals surface area contributed by atoms with Gasteiger partial charge in [-0.3, -0.25) is 9.78 Å². The summed E-state index contributed by atoms with van der Waals surface area (Å²) in [7, 11) is 1.60. The molecule has 4 rings (SSSR count). The Balaban J connectivity index is 1.84. The predicted octanol–water partition coefficient (Wildman–Crippen LogP) is 3.96. The fourth-order valence-corrected chi connectivity index (χ4v) is 4.34. The number of aliphatic hydroxyl groups excluding tert-OH is 1. The van der Waals surface area contributed by atoms with Gasteiger partial charge in [-0.1, -0.05) is 19.1 Å². The van der Waals surface area contributed by atoms with Gasteiger partial charge in [-0.2, -0.15) is 0 Å². The van der Waals surface area contributed by atoms with Gasteiger partial charge in [0.05, 0.1) is 18.5 Å². The van der Waals surface area contributed by atoms with Crippen molar-refractivity contribution >= 4 is 5.78 Å². The molecule has 1 atom stereocenters. The lowest BCUT2D eigenvalue weighted by molar-refractivity contribution is 0.0784. The average molecular weight is 438 g/mol. The molecular weight excluding hydrogens is 411 g/mol. The van der Waals surface area contributed by atoms with Crippen LogP contribution in [0.1, 0.15) is 40.5 Å². The number of nitrogens with one attached hydrogen (secondary N) is 1. The number of H-pyrrole nitrogens is 1. The number of pyridine rings is 1. The van der Waals surface area contributed by atoms with Crippen LogP contribution in [0.25, 0.3) is 11.3 Å². The maximum absolute atomic E-state index is 13.9. The van der Waals surface area contributed by atoms with Gasteiger partial charge in [0.1, 0.15) is 18.2 Å². The van der Waals surface area contributed by atoms with E-state index in [1.165, 1.54) is 12.1 Å². The summed E-state index contributed by atoms with van der Waals surface area (Å²) in [5.41, 5.74) is 4.01. The van der Waals surface area contributed by atoms with E-state index in [1.807, 2.05) is 19.1 Å². The molecular formula is C25H27FN2O4. The van der Waals surface area contributed by atoms with Crippen LogP contribution in [0.15, 0.2) is 42.7 Å². The lowest BCUT2D eigenvalue weighted by atomic mass is 9.74. The molecule has 6 nitrogen and oxygen atoms in total. The number of ether oxygens (including phenoxy) is 2. The molecule has 1 aliphatic rings. The standard InChI is InChI=1S/C25H27FN2O4/c1-25(15-29)12-20-23(21(30)13-25)19(11-16-4-3-5-17(26)10-16)24(28-20)18-6-7-27-14-22(18)32-9-8-31-2/h3-7,10,14,28-29H,8-9,11-13,15H2,1-2H3. The molecule has 2 heterocycles. The number of rotatable bonds is 8. The first-order chi connectivity index (χ1) is 15.4. The minimum absolute atomic E-state index is 0.0207. The van der Waals surface area contributed by atoms with Crippen molar-refractivity contribution < 1.29 is 23.8 Å². The van der Waals surface area contributed by atoms with Crippen molar-refractivity contribution in [2.75, 3.05) is 26.9 Å². The third kappa shape index (κ3) is 4.45. The number of aromatic nitrogens is 2. The molecule has 32 heavy (non-hydrogen) atoms. The molecule has 3 aromatic rings. The third-order valence-corrected chi connectivity index (χ3v) is 5.90. The first-order valence-corrected chi connectivity index (χ1v) is 10.6. The fourth-order valence-electron chi connectivity index (χ4n) is 4.34. The van der Waals surface area contributed by atoms with E-state index >= 15 is 0 Å². The summed E-state index contributed by atoms with van der Waals surface area (Å²) < 4.78 is 24.8. The molecule has 1 aliphatic carbocycles. The monoisotopic (exact) mass is 438 g/mol. The van der Waals surface area contributed by atoms with Gasteiger partial charge in [0.2, 0.25) is 0 Å². The van der Waals surface area contributed by atoms with E-state index in [9.17, 15) is 14.3 Å². The molecule has 2 N–H and O–H groups in total. The highest BCUT2D eigenvalue weighted by Gasteiger charge is 2.38. The van der Waals surface area contributed by atoms with Crippen LogP contribution in [0.5, 0.6) is 5.75 Å². The van der Waals surface area contributed by atoms with Gasteiger partial charge in [0, 0.05) is 55.0 Å². The fraction of sp³-hybridized carbons (Fsp3) is 0.360. The first-order valence-electron chi connectivity index (χ1n) is 10.6. The van der Waals surface area contributed by atoms with Crippen molar-refractivity contribution in [3.8, 4) is 17.0 Å². The highest BCUT2D eigenvalue weighted by molar-refractivity contribution is 6.02. The van der Waals surface area contributed by atoms with E-state index in [0.29, 0.717) is 37.4 Å². The molecule has 0 amide bonds. The van der Waals surface area contributed by atoms with E-state index in [2.05, 4.69) is 9.97 Å². The van der Waals surface area contributed by atoms with Crippen LogP contribution in [0.4, 0.5) is 4.39 Å². The van der Waals surface area contributed by atoms with Gasteiger partial charge in [-0.15, -0.1) is 0 Å². The second kappa shape index (κ2) is 9.22. The normalized spacial score (nSPS) is 17.9. The summed E-state index contributed by atoms with van der Waals surface area (Å²) in [6.45, 7) is 2.62. The molecule has 0 fully saturated rings. The largest absolute Gasteiger partial charge is 0.489 e. The summed E-state index contributed by atoms with van der Waals surface area (Å²) in [6.07, 6.45) is 4.50. The van der Waals surface area contributed by atoms with E-state index in [0.717, 1.165) is 28.1 Å². The van der Waals surface area contributed by atoms with Crippen LogP contribution in [-0.4, -0.2) is 47.8 Å². The topological polar surface area (TPSA) is 84.4 Å². The number of fused-ring (bicyclic) bond motifs is 1. The van der Waals surface area contributed by atoms with Gasteiger partial charge in [-0.05, 0) is 35.7 Å². The Morgan fingerprint density at radius 1 is 1.25 bits per heavy atom. The van der Waals surface area contributed by atoms with Gasteiger partial charge in [-0.25, -0.2) is 4.39 Å². The van der Waals surface area contributed by atoms with Crippen molar-refractivity contribution in [1.82, 2.24) is 9.97 Å². The van der Waals surface area contributed by atoms with Crippen molar-refractivity contribution in [3.05, 3.63) is 70.9 Å². The Hall–Kier alpha value is -3.03. The second-order valence-electron chi connectivity index (χ2n) is 8.60. The third-order valence-electron chi connectivity index (χ3n) is 5.90. The summed E-state index contributed by atoms with van der Waals surface area (Å²) >= 11 is 0. The van der Waals surface area contributed by atoms with E-state index < -0.39 is 5.41 Å². The molecule has 0 spiro atoms. The zero-order valence-corrected chi connectivity index (χ0v) is 18.3. The number of methoxy groups -OCH3 is 1. The summed E-state index contributed by atoms with van der Waals surface area (Å²) in [5.74, 6) is 0.230. The van der Waals surface area contributed by atoms with Crippen molar-refractivity contribution in [2.24, 2.45) is 5.41 Å². The number of carbonyl (C=O) groups excluding carboxylic acids is 1. The van der Waals surface area contributed by atoms with Gasteiger partial charge in [0.25, 0.3) is 0 Å². The van der Waals surface area contributed by atoms with Crippen molar-refractivity contribution in [3.63, 3.8) is 0 Å². The summed E-state index contributed by atoms with van der Waals surface area (Å²) in [4.78, 5) is 20.8. The zero-order chi connectivity index (χ0) is 22.7. The predicted molar refractivity (Wildman–Crippen MR) is 118 cm³/mol. The number of benzene rings is 1. The Labute approximate surface area is 186 Å². The second-order valence-corrected chi connectivity index (χ2v) is 8.60. The zero-order valence-electron chi connectivity index (χ0n) is 18.3. The average Bonchev–Trinajstić information content (AvgIpc) is 3.12. The number of aromatic amines is 1. The SMILES string of the molecule is COCCOc1cnccc1-c1[nH]c2c(c1Cc1cccc(F)c1)C(=O)CC(C)(CO)C2. The molecule has 0 saturated carbocycles. The number of Topliss-reactive ketones (excluding diaryl/α,β-unsaturated/α-hetero) is 1. The first kappa shape index (κ1) is 22.2. The highest BCUT2D eigenvalue weighted by Crippen LogP contribution is 2.42. The minimum Gasteiger partial charge on any atom is -0.489 e. The molecule has 0 aliphatic heterocycles. The lowest BCUT2D eigenvalue weighted by Crippen LogP contribution is -2.33. The van der Waals surface area contributed by atoms with Gasteiger partial charge >= 0.3 is 0 Å². The molecule has 168 valence electrons. The number of aliphatic hydroxyl groups is 1. The molecule has 1 aromatic carbocycles. The van der Waals surface area contributed by atoms with Crippen LogP contribution in [0.2, 0.25) is 0 Å². The van der Waals surface area contributed by atoms with Crippen molar-refractivity contribution in [2.45, 2.75) is 26.2 Å². The lowest BCUT2D eigenvalue weighted by Gasteiger charge is -2.30. The number of hydrogen-bond donors (Lipinski definition) is 2. The van der Waals surface area contributed by atoms with Gasteiger partial charge < -0.3 is 19.6 Å². The molecule has 7 heteroatoms. The molecule has 0 bridgehead atoms. The van der Waals surface area contributed by atoms with Crippen LogP contribution in [0.3, 0.4) is 0 Å². The van der Waals surface area contributed by atoms with Gasteiger partial charge in [0.15, 0.2) is 5.78 Å². The van der Waals surface area contributed by atoms with Crippen LogP contribution < -0.4 is 4.74 Å². The van der Waals surface area contributed by atoms with E-state index in [-0.39, 0.29) is 24.6 Å². The van der Waals surface area contributed by atoms with Crippen LogP contribution in [-0.2, 0) is 17.6 Å². The Kier molecular flexibility index (Phi) is 6.39. The van der Waals surface area contributed by atoms with E-state index in [4.69, 9.17) is 9.47 Å². The smallest absolute Gasteiger partial charge is 0.165 e. The number of carbonyl (C=O) groups is 1. The molecule has 2 aromatic heterocycles. The number of hydrogen-bond acceptors (Lipinski definition) is 5. The molecule has 0 radical (unpaired) electrons. The van der Waals surface area contributed by atoms with Crippen molar-refractivity contribution in [1.29, 1.82) is 0 Å². The molecule has 1 unspecified atom stereocenters.